The van der Waals surface area contributed by atoms with Gasteiger partial charge in [-0.2, -0.15) is 0 Å². The molecule has 2 aromatic carbocycles. The topological polar surface area (TPSA) is 134 Å². The fourth-order valence-corrected chi connectivity index (χ4v) is 2.77. The Morgan fingerprint density at radius 1 is 1.07 bits per heavy atom. The van der Waals surface area contributed by atoms with Crippen LogP contribution < -0.4 is 15.4 Å². The highest BCUT2D eigenvalue weighted by atomic mass is 31.2. The highest BCUT2D eigenvalue weighted by Crippen LogP contribution is 2.35. The van der Waals surface area contributed by atoms with E-state index in [0.717, 1.165) is 11.3 Å². The van der Waals surface area contributed by atoms with E-state index in [2.05, 4.69) is 15.2 Å². The zero-order valence-electron chi connectivity index (χ0n) is 15.8. The van der Waals surface area contributed by atoms with Crippen LogP contribution in [0.5, 0.6) is 5.75 Å². The summed E-state index contributed by atoms with van der Waals surface area (Å²) in [5, 5.41) is 5.07. The van der Waals surface area contributed by atoms with Crippen molar-refractivity contribution in [2.24, 2.45) is 0 Å². The average Bonchev–Trinajstić information content (AvgIpc) is 2.71. The van der Waals surface area contributed by atoms with Gasteiger partial charge < -0.3 is 25.2 Å². The summed E-state index contributed by atoms with van der Waals surface area (Å²) in [7, 11) is -3.23. The lowest BCUT2D eigenvalue weighted by Crippen LogP contribution is -2.49. The number of hydrogen-bond acceptors (Lipinski definition) is 5. The smallest absolute Gasteiger partial charge is 0.469 e. The molecule has 10 heteroatoms. The number of hydrogen-bond donors (Lipinski definition) is 4. The first-order chi connectivity index (χ1) is 13.8. The minimum atomic E-state index is -4.80. The van der Waals surface area contributed by atoms with Crippen molar-refractivity contribution in [2.75, 3.05) is 20.3 Å². The molecule has 9 nitrogen and oxygen atoms in total. The van der Waals surface area contributed by atoms with Gasteiger partial charge in [-0.1, -0.05) is 30.3 Å². The third kappa shape index (κ3) is 8.05. The van der Waals surface area contributed by atoms with Gasteiger partial charge in [0.25, 0.3) is 5.91 Å². The van der Waals surface area contributed by atoms with E-state index in [4.69, 9.17) is 14.5 Å². The van der Waals surface area contributed by atoms with E-state index >= 15 is 0 Å². The van der Waals surface area contributed by atoms with Gasteiger partial charge in [0.05, 0.1) is 13.7 Å². The monoisotopic (exact) mass is 422 g/mol. The van der Waals surface area contributed by atoms with Crippen LogP contribution in [-0.4, -0.2) is 47.9 Å². The van der Waals surface area contributed by atoms with Crippen molar-refractivity contribution in [2.45, 2.75) is 12.5 Å². The van der Waals surface area contributed by atoms with Gasteiger partial charge in [0.1, 0.15) is 11.8 Å². The number of benzene rings is 2. The van der Waals surface area contributed by atoms with Gasteiger partial charge >= 0.3 is 7.82 Å². The summed E-state index contributed by atoms with van der Waals surface area (Å²) >= 11 is 0. The first kappa shape index (κ1) is 22.6. The van der Waals surface area contributed by atoms with Crippen LogP contribution in [0.25, 0.3) is 0 Å². The zero-order valence-corrected chi connectivity index (χ0v) is 16.7. The Kier molecular flexibility index (Phi) is 8.35. The largest absolute Gasteiger partial charge is 0.497 e. The minimum Gasteiger partial charge on any atom is -0.497 e. The Labute approximate surface area is 168 Å². The summed E-state index contributed by atoms with van der Waals surface area (Å²) in [4.78, 5) is 42.5. The van der Waals surface area contributed by atoms with Gasteiger partial charge in [0.2, 0.25) is 5.91 Å². The molecule has 0 unspecified atom stereocenters. The van der Waals surface area contributed by atoms with Crippen molar-refractivity contribution < 1.29 is 33.2 Å². The average molecular weight is 422 g/mol. The van der Waals surface area contributed by atoms with Gasteiger partial charge in [-0.3, -0.25) is 14.1 Å². The Hall–Kier alpha value is -2.71. The van der Waals surface area contributed by atoms with Gasteiger partial charge in [0.15, 0.2) is 0 Å². The Morgan fingerprint density at radius 2 is 1.72 bits per heavy atom. The number of phosphoric ester groups is 1. The summed E-state index contributed by atoms with van der Waals surface area (Å²) < 4.78 is 20.5. The van der Waals surface area contributed by atoms with Crippen LogP contribution in [0.1, 0.15) is 15.9 Å². The molecule has 1 atom stereocenters. The van der Waals surface area contributed by atoms with Crippen LogP contribution in [0, 0.1) is 0 Å². The lowest BCUT2D eigenvalue weighted by atomic mass is 10.1. The maximum atomic E-state index is 12.4. The maximum absolute atomic E-state index is 12.4. The van der Waals surface area contributed by atoms with Crippen LogP contribution in [0.3, 0.4) is 0 Å². The van der Waals surface area contributed by atoms with Crippen molar-refractivity contribution >= 4 is 19.6 Å². The van der Waals surface area contributed by atoms with Gasteiger partial charge in [-0.15, -0.1) is 0 Å². The first-order valence-electron chi connectivity index (χ1n) is 8.75. The van der Waals surface area contributed by atoms with Crippen molar-refractivity contribution in [3.05, 3.63) is 65.7 Å². The summed E-state index contributed by atoms with van der Waals surface area (Å²) in [5.41, 5.74) is 1.27. The highest BCUT2D eigenvalue weighted by Gasteiger charge is 2.25. The van der Waals surface area contributed by atoms with E-state index in [-0.39, 0.29) is 6.54 Å². The first-order valence-corrected chi connectivity index (χ1v) is 10.3. The van der Waals surface area contributed by atoms with Crippen molar-refractivity contribution in [3.8, 4) is 5.75 Å². The summed E-state index contributed by atoms with van der Waals surface area (Å²) in [6, 6.07) is 14.2. The second-order valence-electron chi connectivity index (χ2n) is 6.07. The van der Waals surface area contributed by atoms with E-state index in [1.165, 1.54) is 0 Å². The fourth-order valence-electron chi connectivity index (χ4n) is 2.43. The van der Waals surface area contributed by atoms with Crippen LogP contribution >= 0.6 is 7.82 Å². The second-order valence-corrected chi connectivity index (χ2v) is 7.31. The maximum Gasteiger partial charge on any atom is 0.469 e. The third-order valence-corrected chi connectivity index (χ3v) is 4.42. The Balaban J connectivity index is 1.95. The molecule has 0 aliphatic carbocycles. The molecule has 4 N–H and O–H groups in total. The van der Waals surface area contributed by atoms with Gasteiger partial charge in [0, 0.05) is 12.1 Å². The number of rotatable bonds is 10. The highest BCUT2D eigenvalue weighted by molar-refractivity contribution is 7.46. The molecule has 0 heterocycles. The molecule has 0 radical (unpaired) electrons. The van der Waals surface area contributed by atoms with E-state index in [1.54, 1.807) is 49.6 Å². The van der Waals surface area contributed by atoms with Crippen molar-refractivity contribution in [3.63, 3.8) is 0 Å². The predicted molar refractivity (Wildman–Crippen MR) is 105 cm³/mol. The number of amides is 2. The molecule has 0 bridgehead atoms. The molecule has 0 spiro atoms. The van der Waals surface area contributed by atoms with Gasteiger partial charge in [-0.25, -0.2) is 4.57 Å². The minimum absolute atomic E-state index is 0.263. The molecule has 0 fully saturated rings. The van der Waals surface area contributed by atoms with E-state index < -0.39 is 32.3 Å². The number of nitrogens with one attached hydrogen (secondary N) is 2. The van der Waals surface area contributed by atoms with Crippen LogP contribution in [0.4, 0.5) is 0 Å². The number of carbonyl (C=O) groups excluding carboxylic acids is 2. The molecular weight excluding hydrogens is 399 g/mol. The standard InChI is InChI=1S/C19H23N2O7P/c1-27-16-9-7-14(8-10-16)11-12-20-19(23)17(13-28-29(24,25)26)21-18(22)15-5-3-2-4-6-15/h2-10,17H,11-13H2,1H3,(H,20,23)(H,21,22)(H2,24,25,26)/t17-/m0/s1. The normalized spacial score (nSPS) is 12.1. The molecule has 0 aromatic heterocycles. The Morgan fingerprint density at radius 3 is 2.31 bits per heavy atom. The van der Waals surface area contributed by atoms with Gasteiger partial charge in [-0.05, 0) is 36.2 Å². The van der Waals surface area contributed by atoms with Crippen LogP contribution in [-0.2, 0) is 20.3 Å². The van der Waals surface area contributed by atoms with Crippen molar-refractivity contribution in [1.82, 2.24) is 10.6 Å². The van der Waals surface area contributed by atoms with E-state index in [1.807, 2.05) is 12.1 Å². The molecule has 0 saturated carbocycles. The van der Waals surface area contributed by atoms with E-state index in [0.29, 0.717) is 12.0 Å². The van der Waals surface area contributed by atoms with E-state index in [9.17, 15) is 14.2 Å². The SMILES string of the molecule is COc1ccc(CCNC(=O)[C@H](COP(=O)(O)O)NC(=O)c2ccccc2)cc1. The molecule has 29 heavy (non-hydrogen) atoms. The molecule has 2 amide bonds. The van der Waals surface area contributed by atoms with Crippen LogP contribution in [0.2, 0.25) is 0 Å². The molecule has 0 saturated heterocycles. The number of methoxy groups -OCH3 is 1. The fraction of sp³-hybridized carbons (Fsp3) is 0.263. The molecule has 156 valence electrons. The lowest BCUT2D eigenvalue weighted by Gasteiger charge is -2.19. The van der Waals surface area contributed by atoms with Crippen molar-refractivity contribution in [1.29, 1.82) is 0 Å². The predicted octanol–water partition coefficient (Wildman–Crippen LogP) is 1.26. The molecule has 2 rings (SSSR count). The summed E-state index contributed by atoms with van der Waals surface area (Å²) in [5.74, 6) is -0.456. The lowest BCUT2D eigenvalue weighted by molar-refractivity contribution is -0.123. The molecule has 2 aromatic rings. The molecule has 0 aliphatic heterocycles. The summed E-state index contributed by atoms with van der Waals surface area (Å²) in [6.45, 7) is -0.407. The van der Waals surface area contributed by atoms with Crippen LogP contribution in [0.15, 0.2) is 54.6 Å². The number of carbonyl (C=O) groups is 2. The molecule has 0 aliphatic rings. The molecular formula is C19H23N2O7P. The quantitative estimate of drug-likeness (QED) is 0.424. The zero-order chi connectivity index (χ0) is 21.3. The Bertz CT molecular complexity index is 853. The number of phosphoric acid groups is 1. The second kappa shape index (κ2) is 10.7. The number of ether oxygens (including phenoxy) is 1. The third-order valence-electron chi connectivity index (χ3n) is 3.94. The summed E-state index contributed by atoms with van der Waals surface area (Å²) in [6.07, 6.45) is 0.522.